The number of rotatable bonds is 9. The van der Waals surface area contributed by atoms with Gasteiger partial charge < -0.3 is 20.1 Å². The first-order valence-corrected chi connectivity index (χ1v) is 9.56. The second kappa shape index (κ2) is 10.1. The van der Waals surface area contributed by atoms with Gasteiger partial charge >= 0.3 is 0 Å². The van der Waals surface area contributed by atoms with Gasteiger partial charge in [-0.25, -0.2) is 4.98 Å². The van der Waals surface area contributed by atoms with Gasteiger partial charge in [0.25, 0.3) is 0 Å². The molecule has 0 atom stereocenters. The lowest BCUT2D eigenvalue weighted by Crippen LogP contribution is -2.15. The molecule has 1 aromatic heterocycles. The topological polar surface area (TPSA) is 72.5 Å². The number of aromatic nitrogens is 1. The first kappa shape index (κ1) is 20.2. The summed E-state index contributed by atoms with van der Waals surface area (Å²) >= 11 is 0. The maximum atomic E-state index is 12.1. The van der Waals surface area contributed by atoms with Crippen molar-refractivity contribution in [1.82, 2.24) is 4.98 Å². The maximum absolute atomic E-state index is 12.1. The standard InChI is InChI=1S/C23H25N3O3/c1-17(2)29-21-11-7-6-10-20(21)26-22-13-12-18(16-24-22)25-23(27)14-15-28-19-8-4-3-5-9-19/h3-13,16-17H,14-15H2,1-2H3,(H,24,26)(H,25,27). The average Bonchev–Trinajstić information content (AvgIpc) is 2.71. The zero-order valence-corrected chi connectivity index (χ0v) is 16.6. The predicted octanol–water partition coefficient (Wildman–Crippen LogP) is 5.02. The van der Waals surface area contributed by atoms with Gasteiger partial charge in [-0.15, -0.1) is 0 Å². The molecule has 3 rings (SSSR count). The summed E-state index contributed by atoms with van der Waals surface area (Å²) in [6.45, 7) is 4.28. The van der Waals surface area contributed by atoms with Crippen molar-refractivity contribution in [3.8, 4) is 11.5 Å². The molecule has 0 fully saturated rings. The summed E-state index contributed by atoms with van der Waals surface area (Å²) in [5.41, 5.74) is 1.47. The molecule has 0 aliphatic heterocycles. The Morgan fingerprint density at radius 1 is 1.00 bits per heavy atom. The van der Waals surface area contributed by atoms with E-state index in [2.05, 4.69) is 15.6 Å². The Labute approximate surface area is 170 Å². The molecule has 1 amide bonds. The first-order chi connectivity index (χ1) is 14.1. The highest BCUT2D eigenvalue weighted by Gasteiger charge is 2.07. The van der Waals surface area contributed by atoms with Crippen molar-refractivity contribution in [1.29, 1.82) is 0 Å². The van der Waals surface area contributed by atoms with Crippen LogP contribution in [0, 0.1) is 0 Å². The summed E-state index contributed by atoms with van der Waals surface area (Å²) in [4.78, 5) is 16.4. The molecule has 1 heterocycles. The minimum Gasteiger partial charge on any atom is -0.493 e. The lowest BCUT2D eigenvalue weighted by molar-refractivity contribution is -0.116. The third kappa shape index (κ3) is 6.53. The number of amides is 1. The van der Waals surface area contributed by atoms with Crippen LogP contribution in [0.15, 0.2) is 72.9 Å². The summed E-state index contributed by atoms with van der Waals surface area (Å²) in [7, 11) is 0. The van der Waals surface area contributed by atoms with E-state index in [-0.39, 0.29) is 18.4 Å². The van der Waals surface area contributed by atoms with Crippen molar-refractivity contribution in [2.45, 2.75) is 26.4 Å². The molecular weight excluding hydrogens is 366 g/mol. The molecule has 2 N–H and O–H groups in total. The number of nitrogens with one attached hydrogen (secondary N) is 2. The van der Waals surface area contributed by atoms with Crippen LogP contribution in [0.5, 0.6) is 11.5 Å². The number of hydrogen-bond acceptors (Lipinski definition) is 5. The minimum absolute atomic E-state index is 0.0781. The van der Waals surface area contributed by atoms with Crippen molar-refractivity contribution >= 4 is 23.1 Å². The molecular formula is C23H25N3O3. The number of hydrogen-bond donors (Lipinski definition) is 2. The number of anilines is 3. The van der Waals surface area contributed by atoms with Gasteiger partial charge in [-0.1, -0.05) is 30.3 Å². The van der Waals surface area contributed by atoms with Crippen LogP contribution in [0.1, 0.15) is 20.3 Å². The molecule has 6 heteroatoms. The van der Waals surface area contributed by atoms with Gasteiger partial charge in [0, 0.05) is 0 Å². The van der Waals surface area contributed by atoms with Crippen molar-refractivity contribution in [2.24, 2.45) is 0 Å². The Morgan fingerprint density at radius 3 is 2.48 bits per heavy atom. The van der Waals surface area contributed by atoms with E-state index in [1.165, 1.54) is 0 Å². The minimum atomic E-state index is -0.126. The van der Waals surface area contributed by atoms with Crippen molar-refractivity contribution in [3.05, 3.63) is 72.9 Å². The molecule has 0 aliphatic carbocycles. The van der Waals surface area contributed by atoms with Crippen LogP contribution in [-0.4, -0.2) is 23.6 Å². The maximum Gasteiger partial charge on any atom is 0.227 e. The summed E-state index contributed by atoms with van der Waals surface area (Å²) in [5, 5.41) is 6.06. The van der Waals surface area contributed by atoms with E-state index < -0.39 is 0 Å². The van der Waals surface area contributed by atoms with Crippen LogP contribution in [0.4, 0.5) is 17.2 Å². The van der Waals surface area contributed by atoms with Gasteiger partial charge in [0.05, 0.1) is 36.7 Å². The highest BCUT2D eigenvalue weighted by Crippen LogP contribution is 2.27. The molecule has 0 unspecified atom stereocenters. The van der Waals surface area contributed by atoms with Crippen LogP contribution in [0.2, 0.25) is 0 Å². The normalized spacial score (nSPS) is 10.4. The van der Waals surface area contributed by atoms with E-state index in [9.17, 15) is 4.79 Å². The first-order valence-electron chi connectivity index (χ1n) is 9.56. The number of para-hydroxylation sites is 3. The highest BCUT2D eigenvalue weighted by atomic mass is 16.5. The van der Waals surface area contributed by atoms with Crippen LogP contribution in [0.3, 0.4) is 0 Å². The van der Waals surface area contributed by atoms with E-state index in [0.29, 0.717) is 18.1 Å². The molecule has 6 nitrogen and oxygen atoms in total. The largest absolute Gasteiger partial charge is 0.493 e. The number of nitrogens with zero attached hydrogens (tertiary/aromatic N) is 1. The smallest absolute Gasteiger partial charge is 0.227 e. The molecule has 0 radical (unpaired) electrons. The molecule has 2 aromatic carbocycles. The van der Waals surface area contributed by atoms with Crippen molar-refractivity contribution in [2.75, 3.05) is 17.2 Å². The van der Waals surface area contributed by atoms with Crippen LogP contribution in [0.25, 0.3) is 0 Å². The fourth-order valence-corrected chi connectivity index (χ4v) is 2.61. The predicted molar refractivity (Wildman–Crippen MR) is 115 cm³/mol. The second-order valence-electron chi connectivity index (χ2n) is 6.68. The zero-order valence-electron chi connectivity index (χ0n) is 16.6. The second-order valence-corrected chi connectivity index (χ2v) is 6.68. The van der Waals surface area contributed by atoms with Gasteiger partial charge in [0.2, 0.25) is 5.91 Å². The lowest BCUT2D eigenvalue weighted by Gasteiger charge is -2.15. The Morgan fingerprint density at radius 2 is 1.76 bits per heavy atom. The van der Waals surface area contributed by atoms with Crippen LogP contribution >= 0.6 is 0 Å². The fraction of sp³-hybridized carbons (Fsp3) is 0.217. The van der Waals surface area contributed by atoms with Crippen molar-refractivity contribution in [3.63, 3.8) is 0 Å². The SMILES string of the molecule is CC(C)Oc1ccccc1Nc1ccc(NC(=O)CCOc2ccccc2)cn1. The van der Waals surface area contributed by atoms with Crippen LogP contribution in [-0.2, 0) is 4.79 Å². The molecule has 0 saturated carbocycles. The van der Waals surface area contributed by atoms with Gasteiger partial charge in [0.1, 0.15) is 17.3 Å². The van der Waals surface area contributed by atoms with E-state index in [0.717, 1.165) is 17.2 Å². The molecule has 29 heavy (non-hydrogen) atoms. The summed E-state index contributed by atoms with van der Waals surface area (Å²) < 4.78 is 11.3. The average molecular weight is 391 g/mol. The number of pyridine rings is 1. The number of benzene rings is 2. The van der Waals surface area contributed by atoms with Gasteiger partial charge in [-0.2, -0.15) is 0 Å². The summed E-state index contributed by atoms with van der Waals surface area (Å²) in [6, 6.07) is 20.7. The van der Waals surface area contributed by atoms with E-state index in [4.69, 9.17) is 9.47 Å². The molecule has 0 bridgehead atoms. The molecule has 0 aliphatic rings. The van der Waals surface area contributed by atoms with E-state index >= 15 is 0 Å². The third-order valence-electron chi connectivity index (χ3n) is 3.90. The number of carbonyl (C=O) groups excluding carboxylic acids is 1. The Kier molecular flexibility index (Phi) is 7.05. The van der Waals surface area contributed by atoms with Gasteiger partial charge in [0.15, 0.2) is 0 Å². The fourth-order valence-electron chi connectivity index (χ4n) is 2.61. The van der Waals surface area contributed by atoms with Crippen LogP contribution < -0.4 is 20.1 Å². The number of carbonyl (C=O) groups is 1. The lowest BCUT2D eigenvalue weighted by atomic mass is 10.2. The van der Waals surface area contributed by atoms with Crippen molar-refractivity contribution < 1.29 is 14.3 Å². The van der Waals surface area contributed by atoms with E-state index in [1.54, 1.807) is 12.3 Å². The highest BCUT2D eigenvalue weighted by molar-refractivity contribution is 5.90. The van der Waals surface area contributed by atoms with Gasteiger partial charge in [-0.05, 0) is 50.2 Å². The summed E-state index contributed by atoms with van der Waals surface area (Å²) in [6.07, 6.45) is 1.95. The number of ether oxygens (including phenoxy) is 2. The third-order valence-corrected chi connectivity index (χ3v) is 3.90. The molecule has 0 saturated heterocycles. The van der Waals surface area contributed by atoms with E-state index in [1.807, 2.05) is 74.5 Å². The Bertz CT molecular complexity index is 912. The Balaban J connectivity index is 1.50. The molecule has 3 aromatic rings. The quantitative estimate of drug-likeness (QED) is 0.536. The monoisotopic (exact) mass is 391 g/mol. The summed E-state index contributed by atoms with van der Waals surface area (Å²) in [5.74, 6) is 2.05. The zero-order chi connectivity index (χ0) is 20.5. The molecule has 150 valence electrons. The Hall–Kier alpha value is -3.54. The van der Waals surface area contributed by atoms with Gasteiger partial charge in [-0.3, -0.25) is 4.79 Å². The molecule has 0 spiro atoms.